The van der Waals surface area contributed by atoms with E-state index in [-0.39, 0.29) is 12.0 Å². The zero-order valence-corrected chi connectivity index (χ0v) is 10.1. The standard InChI is InChI=1S/C11H15ClN2O2/c1-3-16-8(2)6-14-11(15)9-4-5-10(12)13-7-9/h4-5,7-8H,3,6H2,1-2H3,(H,14,15). The second kappa shape index (κ2) is 6.45. The molecule has 88 valence electrons. The fourth-order valence-corrected chi connectivity index (χ4v) is 1.30. The maximum Gasteiger partial charge on any atom is 0.252 e. The van der Waals surface area contributed by atoms with Crippen molar-refractivity contribution in [3.8, 4) is 0 Å². The molecule has 0 aliphatic carbocycles. The predicted octanol–water partition coefficient (Wildman–Crippen LogP) is 1.89. The van der Waals surface area contributed by atoms with Crippen molar-refractivity contribution in [1.29, 1.82) is 0 Å². The summed E-state index contributed by atoms with van der Waals surface area (Å²) >= 11 is 5.62. The van der Waals surface area contributed by atoms with Crippen molar-refractivity contribution in [3.63, 3.8) is 0 Å². The lowest BCUT2D eigenvalue weighted by Crippen LogP contribution is -2.32. The Morgan fingerprint density at radius 2 is 2.38 bits per heavy atom. The predicted molar refractivity (Wildman–Crippen MR) is 62.7 cm³/mol. The van der Waals surface area contributed by atoms with Crippen LogP contribution in [0.25, 0.3) is 0 Å². The molecule has 1 heterocycles. The van der Waals surface area contributed by atoms with Crippen LogP contribution in [0.4, 0.5) is 0 Å². The molecule has 1 aromatic rings. The van der Waals surface area contributed by atoms with Crippen LogP contribution in [-0.2, 0) is 4.74 Å². The summed E-state index contributed by atoms with van der Waals surface area (Å²) in [6.07, 6.45) is 1.46. The Balaban J connectivity index is 2.43. The van der Waals surface area contributed by atoms with E-state index in [1.165, 1.54) is 6.20 Å². The smallest absolute Gasteiger partial charge is 0.252 e. The molecule has 1 aromatic heterocycles. The summed E-state index contributed by atoms with van der Waals surface area (Å²) in [6, 6.07) is 3.22. The molecule has 1 amide bonds. The molecule has 0 aliphatic heterocycles. The van der Waals surface area contributed by atoms with E-state index in [1.54, 1.807) is 12.1 Å². The van der Waals surface area contributed by atoms with E-state index in [2.05, 4.69) is 10.3 Å². The number of hydrogen-bond donors (Lipinski definition) is 1. The molecule has 1 rings (SSSR count). The van der Waals surface area contributed by atoms with Crippen LogP contribution in [0.5, 0.6) is 0 Å². The minimum Gasteiger partial charge on any atom is -0.377 e. The highest BCUT2D eigenvalue weighted by Gasteiger charge is 2.07. The Hall–Kier alpha value is -1.13. The Morgan fingerprint density at radius 1 is 1.62 bits per heavy atom. The molecule has 0 aliphatic rings. The maximum absolute atomic E-state index is 11.6. The molecule has 4 nitrogen and oxygen atoms in total. The molecule has 0 saturated heterocycles. The average molecular weight is 243 g/mol. The van der Waals surface area contributed by atoms with Gasteiger partial charge in [0.25, 0.3) is 5.91 Å². The van der Waals surface area contributed by atoms with Gasteiger partial charge in [-0.3, -0.25) is 4.79 Å². The molecule has 5 heteroatoms. The number of pyridine rings is 1. The van der Waals surface area contributed by atoms with Crippen molar-refractivity contribution < 1.29 is 9.53 Å². The Labute approximate surface area is 100.0 Å². The Kier molecular flexibility index (Phi) is 5.22. The van der Waals surface area contributed by atoms with Crippen molar-refractivity contribution in [2.45, 2.75) is 20.0 Å². The van der Waals surface area contributed by atoms with E-state index >= 15 is 0 Å². The van der Waals surface area contributed by atoms with Crippen LogP contribution in [0.2, 0.25) is 5.15 Å². The zero-order chi connectivity index (χ0) is 12.0. The number of amides is 1. The highest BCUT2D eigenvalue weighted by molar-refractivity contribution is 6.29. The van der Waals surface area contributed by atoms with Crippen LogP contribution in [0.1, 0.15) is 24.2 Å². The molecular weight excluding hydrogens is 228 g/mol. The molecule has 0 fully saturated rings. The van der Waals surface area contributed by atoms with Gasteiger partial charge >= 0.3 is 0 Å². The molecule has 16 heavy (non-hydrogen) atoms. The maximum atomic E-state index is 11.6. The quantitative estimate of drug-likeness (QED) is 0.803. The van der Waals surface area contributed by atoms with Gasteiger partial charge in [-0.25, -0.2) is 4.98 Å². The number of ether oxygens (including phenoxy) is 1. The summed E-state index contributed by atoms with van der Waals surface area (Å²) in [5.41, 5.74) is 0.494. The lowest BCUT2D eigenvalue weighted by atomic mass is 10.2. The van der Waals surface area contributed by atoms with Gasteiger partial charge in [0.2, 0.25) is 0 Å². The van der Waals surface area contributed by atoms with Crippen LogP contribution in [0.3, 0.4) is 0 Å². The fourth-order valence-electron chi connectivity index (χ4n) is 1.19. The van der Waals surface area contributed by atoms with Gasteiger partial charge < -0.3 is 10.1 Å². The zero-order valence-electron chi connectivity index (χ0n) is 9.37. The van der Waals surface area contributed by atoms with Crippen LogP contribution >= 0.6 is 11.6 Å². The third kappa shape index (κ3) is 4.16. The van der Waals surface area contributed by atoms with Gasteiger partial charge in [-0.2, -0.15) is 0 Å². The van der Waals surface area contributed by atoms with Crippen LogP contribution in [-0.4, -0.2) is 30.1 Å². The minimum absolute atomic E-state index is 0.00853. The third-order valence-corrected chi connectivity index (χ3v) is 2.21. The van der Waals surface area contributed by atoms with Gasteiger partial charge in [0.05, 0.1) is 11.7 Å². The summed E-state index contributed by atoms with van der Waals surface area (Å²) in [4.78, 5) is 15.5. The first-order chi connectivity index (χ1) is 7.63. The number of carbonyl (C=O) groups excluding carboxylic acids is 1. The monoisotopic (exact) mass is 242 g/mol. The summed E-state index contributed by atoms with van der Waals surface area (Å²) in [7, 11) is 0. The SMILES string of the molecule is CCOC(C)CNC(=O)c1ccc(Cl)nc1. The second-order valence-corrected chi connectivity index (χ2v) is 3.73. The minimum atomic E-state index is -0.171. The number of aromatic nitrogens is 1. The normalized spacial score (nSPS) is 12.2. The van der Waals surface area contributed by atoms with E-state index in [1.807, 2.05) is 13.8 Å². The molecule has 0 aromatic carbocycles. The van der Waals surface area contributed by atoms with Gasteiger partial charge in [0.1, 0.15) is 5.15 Å². The first kappa shape index (κ1) is 12.9. The van der Waals surface area contributed by atoms with Crippen molar-refractivity contribution in [3.05, 3.63) is 29.0 Å². The van der Waals surface area contributed by atoms with Crippen LogP contribution in [0.15, 0.2) is 18.3 Å². The lowest BCUT2D eigenvalue weighted by molar-refractivity contribution is 0.0695. The number of hydrogen-bond acceptors (Lipinski definition) is 3. The number of carbonyl (C=O) groups is 1. The van der Waals surface area contributed by atoms with E-state index in [4.69, 9.17) is 16.3 Å². The summed E-state index contributed by atoms with van der Waals surface area (Å²) in [5.74, 6) is -0.171. The molecule has 0 saturated carbocycles. The third-order valence-electron chi connectivity index (χ3n) is 1.99. The molecule has 0 spiro atoms. The van der Waals surface area contributed by atoms with Gasteiger partial charge in [-0.1, -0.05) is 11.6 Å². The molecule has 0 radical (unpaired) electrons. The lowest BCUT2D eigenvalue weighted by Gasteiger charge is -2.12. The van der Waals surface area contributed by atoms with Crippen molar-refractivity contribution in [1.82, 2.24) is 10.3 Å². The molecule has 1 unspecified atom stereocenters. The summed E-state index contributed by atoms with van der Waals surface area (Å²) < 4.78 is 5.30. The Morgan fingerprint density at radius 3 is 2.94 bits per heavy atom. The molecule has 0 bridgehead atoms. The number of nitrogens with one attached hydrogen (secondary N) is 1. The highest BCUT2D eigenvalue weighted by Crippen LogP contribution is 2.04. The van der Waals surface area contributed by atoms with Gasteiger partial charge in [0.15, 0.2) is 0 Å². The number of rotatable bonds is 5. The highest BCUT2D eigenvalue weighted by atomic mass is 35.5. The summed E-state index contributed by atoms with van der Waals surface area (Å²) in [6.45, 7) is 4.94. The number of nitrogens with zero attached hydrogens (tertiary/aromatic N) is 1. The van der Waals surface area contributed by atoms with Gasteiger partial charge in [-0.05, 0) is 26.0 Å². The topological polar surface area (TPSA) is 51.2 Å². The van der Waals surface area contributed by atoms with Crippen LogP contribution in [0, 0.1) is 0 Å². The first-order valence-electron chi connectivity index (χ1n) is 5.14. The molecule has 1 atom stereocenters. The van der Waals surface area contributed by atoms with E-state index in [9.17, 15) is 4.79 Å². The molecular formula is C11H15ClN2O2. The van der Waals surface area contributed by atoms with E-state index in [0.717, 1.165) is 0 Å². The molecule has 1 N–H and O–H groups in total. The van der Waals surface area contributed by atoms with E-state index < -0.39 is 0 Å². The van der Waals surface area contributed by atoms with Gasteiger partial charge in [-0.15, -0.1) is 0 Å². The fraction of sp³-hybridized carbons (Fsp3) is 0.455. The Bertz CT molecular complexity index is 340. The van der Waals surface area contributed by atoms with Crippen LogP contribution < -0.4 is 5.32 Å². The van der Waals surface area contributed by atoms with Crippen molar-refractivity contribution in [2.75, 3.05) is 13.2 Å². The largest absolute Gasteiger partial charge is 0.377 e. The first-order valence-corrected chi connectivity index (χ1v) is 5.52. The second-order valence-electron chi connectivity index (χ2n) is 3.35. The average Bonchev–Trinajstić information content (AvgIpc) is 2.27. The van der Waals surface area contributed by atoms with Gasteiger partial charge in [0, 0.05) is 19.3 Å². The number of halogens is 1. The summed E-state index contributed by atoms with van der Waals surface area (Å²) in [5, 5.41) is 3.13. The van der Waals surface area contributed by atoms with E-state index in [0.29, 0.717) is 23.9 Å². The van der Waals surface area contributed by atoms with Crippen molar-refractivity contribution in [2.24, 2.45) is 0 Å². The van der Waals surface area contributed by atoms with Crippen molar-refractivity contribution >= 4 is 17.5 Å².